The maximum Gasteiger partial charge on any atom is 0.339 e. The van der Waals surface area contributed by atoms with Gasteiger partial charge in [0.1, 0.15) is 17.6 Å². The van der Waals surface area contributed by atoms with Crippen LogP contribution in [-0.4, -0.2) is 26.0 Å². The van der Waals surface area contributed by atoms with Crippen LogP contribution in [0.15, 0.2) is 36.8 Å². The summed E-state index contributed by atoms with van der Waals surface area (Å²) in [5.41, 5.74) is -0.126. The number of hydrogen-bond donors (Lipinski definition) is 2. The van der Waals surface area contributed by atoms with Gasteiger partial charge < -0.3 is 10.4 Å². The molecule has 0 radical (unpaired) electrons. The van der Waals surface area contributed by atoms with Gasteiger partial charge in [0, 0.05) is 12.3 Å². The molecule has 0 amide bonds. The summed E-state index contributed by atoms with van der Waals surface area (Å²) in [4.78, 5) is 28.6. The molecule has 2 heterocycles. The molecule has 0 saturated heterocycles. The van der Waals surface area contributed by atoms with E-state index in [1.165, 1.54) is 6.20 Å². The lowest BCUT2D eigenvalue weighted by Gasteiger charge is -2.07. The lowest BCUT2D eigenvalue weighted by molar-refractivity contribution is -0.385. The highest BCUT2D eigenvalue weighted by Gasteiger charge is 2.17. The SMILES string of the molecule is O=C(O)c1cc([N+](=O)[O-])cnc1Nc1cccnc1. The molecule has 19 heavy (non-hydrogen) atoms. The molecular formula is C11H8N4O4. The van der Waals surface area contributed by atoms with E-state index in [0.29, 0.717) is 5.69 Å². The molecule has 0 aromatic carbocycles. The number of carbonyl (C=O) groups is 1. The third kappa shape index (κ3) is 2.80. The van der Waals surface area contributed by atoms with Crippen molar-refractivity contribution < 1.29 is 14.8 Å². The van der Waals surface area contributed by atoms with E-state index in [-0.39, 0.29) is 17.1 Å². The lowest BCUT2D eigenvalue weighted by Crippen LogP contribution is -2.06. The number of carboxylic acids is 1. The van der Waals surface area contributed by atoms with Crippen molar-refractivity contribution in [3.05, 3.63) is 52.5 Å². The van der Waals surface area contributed by atoms with Crippen molar-refractivity contribution in [1.29, 1.82) is 0 Å². The van der Waals surface area contributed by atoms with Gasteiger partial charge in [-0.15, -0.1) is 0 Å². The van der Waals surface area contributed by atoms with Crippen LogP contribution in [0.3, 0.4) is 0 Å². The minimum absolute atomic E-state index is 0.0195. The van der Waals surface area contributed by atoms with Gasteiger partial charge in [-0.1, -0.05) is 0 Å². The van der Waals surface area contributed by atoms with Gasteiger partial charge >= 0.3 is 5.97 Å². The number of aromatic carboxylic acids is 1. The van der Waals surface area contributed by atoms with Gasteiger partial charge in [0.2, 0.25) is 0 Å². The highest BCUT2D eigenvalue weighted by Crippen LogP contribution is 2.22. The van der Waals surface area contributed by atoms with Gasteiger partial charge in [0.25, 0.3) is 5.69 Å². The van der Waals surface area contributed by atoms with Crippen molar-refractivity contribution >= 4 is 23.2 Å². The third-order valence-corrected chi connectivity index (χ3v) is 2.24. The molecule has 2 aromatic rings. The fourth-order valence-electron chi connectivity index (χ4n) is 1.39. The largest absolute Gasteiger partial charge is 0.478 e. The summed E-state index contributed by atoms with van der Waals surface area (Å²) < 4.78 is 0. The number of aromatic nitrogens is 2. The first-order chi connectivity index (χ1) is 9.08. The molecule has 0 saturated carbocycles. The molecule has 0 bridgehead atoms. The molecule has 0 atom stereocenters. The van der Waals surface area contributed by atoms with E-state index in [2.05, 4.69) is 15.3 Å². The standard InChI is InChI=1S/C11H8N4O4/c16-11(17)9-4-8(15(18)19)6-13-10(9)14-7-2-1-3-12-5-7/h1-6H,(H,13,14)(H,16,17). The predicted octanol–water partition coefficient (Wildman–Crippen LogP) is 1.83. The van der Waals surface area contributed by atoms with E-state index in [4.69, 9.17) is 5.11 Å². The Hall–Kier alpha value is -3.03. The van der Waals surface area contributed by atoms with E-state index in [1.54, 1.807) is 18.3 Å². The summed E-state index contributed by atoms with van der Waals surface area (Å²) in [5, 5.41) is 22.4. The Labute approximate surface area is 106 Å². The average Bonchev–Trinajstić information content (AvgIpc) is 2.39. The molecule has 0 aliphatic rings. The van der Waals surface area contributed by atoms with Gasteiger partial charge in [-0.2, -0.15) is 0 Å². The average molecular weight is 260 g/mol. The maximum atomic E-state index is 11.1. The molecule has 8 nitrogen and oxygen atoms in total. The number of nitro groups is 1. The number of nitrogens with zero attached hydrogens (tertiary/aromatic N) is 3. The molecule has 8 heteroatoms. The van der Waals surface area contributed by atoms with E-state index in [9.17, 15) is 14.9 Å². The Kier molecular flexibility index (Phi) is 3.33. The van der Waals surface area contributed by atoms with Crippen LogP contribution >= 0.6 is 0 Å². The molecule has 0 spiro atoms. The quantitative estimate of drug-likeness (QED) is 0.635. The first-order valence-electron chi connectivity index (χ1n) is 5.12. The lowest BCUT2D eigenvalue weighted by atomic mass is 10.2. The molecular weight excluding hydrogens is 252 g/mol. The van der Waals surface area contributed by atoms with E-state index >= 15 is 0 Å². The minimum Gasteiger partial charge on any atom is -0.478 e. The maximum absolute atomic E-state index is 11.1. The first-order valence-corrected chi connectivity index (χ1v) is 5.12. The summed E-state index contributed by atoms with van der Waals surface area (Å²) >= 11 is 0. The van der Waals surface area contributed by atoms with Gasteiger partial charge in [-0.25, -0.2) is 9.78 Å². The van der Waals surface area contributed by atoms with Gasteiger partial charge in [-0.3, -0.25) is 15.1 Å². The van der Waals surface area contributed by atoms with Crippen LogP contribution in [0, 0.1) is 10.1 Å². The number of hydrogen-bond acceptors (Lipinski definition) is 6. The molecule has 0 unspecified atom stereocenters. The second kappa shape index (κ2) is 5.08. The Morgan fingerprint density at radius 3 is 2.79 bits per heavy atom. The summed E-state index contributed by atoms with van der Waals surface area (Å²) in [6.07, 6.45) is 4.03. The smallest absolute Gasteiger partial charge is 0.339 e. The van der Waals surface area contributed by atoms with Gasteiger partial charge in [0.05, 0.1) is 16.8 Å². The van der Waals surface area contributed by atoms with Crippen LogP contribution in [-0.2, 0) is 0 Å². The Morgan fingerprint density at radius 1 is 1.42 bits per heavy atom. The summed E-state index contributed by atoms with van der Waals surface area (Å²) in [7, 11) is 0. The molecule has 2 N–H and O–H groups in total. The van der Waals surface area contributed by atoms with Crippen LogP contribution < -0.4 is 5.32 Å². The first kappa shape index (κ1) is 12.4. The second-order valence-corrected chi connectivity index (χ2v) is 3.52. The predicted molar refractivity (Wildman–Crippen MR) is 65.4 cm³/mol. The second-order valence-electron chi connectivity index (χ2n) is 3.52. The van der Waals surface area contributed by atoms with Crippen LogP contribution in [0.4, 0.5) is 17.2 Å². The van der Waals surface area contributed by atoms with Crippen LogP contribution in [0.25, 0.3) is 0 Å². The zero-order chi connectivity index (χ0) is 13.8. The monoisotopic (exact) mass is 260 g/mol. The van der Waals surface area contributed by atoms with Crippen molar-refractivity contribution in [3.63, 3.8) is 0 Å². The number of carboxylic acid groups (broad SMARTS) is 1. The third-order valence-electron chi connectivity index (χ3n) is 2.24. The fourth-order valence-corrected chi connectivity index (χ4v) is 1.39. The van der Waals surface area contributed by atoms with Crippen LogP contribution in [0.5, 0.6) is 0 Å². The molecule has 0 fully saturated rings. The van der Waals surface area contributed by atoms with E-state index in [1.807, 2.05) is 0 Å². The number of rotatable bonds is 4. The fraction of sp³-hybridized carbons (Fsp3) is 0. The number of pyridine rings is 2. The van der Waals surface area contributed by atoms with E-state index in [0.717, 1.165) is 12.3 Å². The zero-order valence-electron chi connectivity index (χ0n) is 9.48. The van der Waals surface area contributed by atoms with Gasteiger partial charge in [0.15, 0.2) is 0 Å². The zero-order valence-corrected chi connectivity index (χ0v) is 9.48. The molecule has 0 aliphatic carbocycles. The minimum atomic E-state index is -1.30. The van der Waals surface area contributed by atoms with Gasteiger partial charge in [-0.05, 0) is 12.1 Å². The Morgan fingerprint density at radius 2 is 2.21 bits per heavy atom. The van der Waals surface area contributed by atoms with Crippen molar-refractivity contribution in [2.45, 2.75) is 0 Å². The highest BCUT2D eigenvalue weighted by atomic mass is 16.6. The molecule has 0 aliphatic heterocycles. The topological polar surface area (TPSA) is 118 Å². The summed E-state index contributed by atoms with van der Waals surface area (Å²) in [5.74, 6) is -1.28. The molecule has 96 valence electrons. The van der Waals surface area contributed by atoms with Crippen LogP contribution in [0.1, 0.15) is 10.4 Å². The molecule has 2 rings (SSSR count). The van der Waals surface area contributed by atoms with Crippen molar-refractivity contribution in [2.75, 3.05) is 5.32 Å². The van der Waals surface area contributed by atoms with Crippen molar-refractivity contribution in [1.82, 2.24) is 9.97 Å². The summed E-state index contributed by atoms with van der Waals surface area (Å²) in [6.45, 7) is 0. The number of anilines is 2. The number of nitrogens with one attached hydrogen (secondary N) is 1. The van der Waals surface area contributed by atoms with Crippen molar-refractivity contribution in [2.24, 2.45) is 0 Å². The van der Waals surface area contributed by atoms with Crippen molar-refractivity contribution in [3.8, 4) is 0 Å². The normalized spacial score (nSPS) is 9.89. The van der Waals surface area contributed by atoms with Crippen LogP contribution in [0.2, 0.25) is 0 Å². The van der Waals surface area contributed by atoms with E-state index < -0.39 is 10.9 Å². The summed E-state index contributed by atoms with van der Waals surface area (Å²) in [6, 6.07) is 4.28. The molecule has 2 aromatic heterocycles. The highest BCUT2D eigenvalue weighted by molar-refractivity contribution is 5.94. The Balaban J connectivity index is 2.40. The Bertz CT molecular complexity index is 630.